The molecule has 0 radical (unpaired) electrons. The van der Waals surface area contributed by atoms with Crippen LogP contribution < -0.4 is 0 Å². The van der Waals surface area contributed by atoms with Gasteiger partial charge in [0, 0.05) is 24.5 Å². The Morgan fingerprint density at radius 3 is 3.06 bits per heavy atom. The molecule has 1 heterocycles. The highest BCUT2D eigenvalue weighted by Crippen LogP contribution is 2.22. The molecule has 3 nitrogen and oxygen atoms in total. The maximum atomic E-state index is 13.2. The van der Waals surface area contributed by atoms with Gasteiger partial charge in [0.1, 0.15) is 6.67 Å². The van der Waals surface area contributed by atoms with Crippen LogP contribution in [0.15, 0.2) is 42.0 Å². The van der Waals surface area contributed by atoms with Gasteiger partial charge < -0.3 is 10.0 Å². The summed E-state index contributed by atoms with van der Waals surface area (Å²) in [5, 5.41) is 9.13. The quantitative estimate of drug-likeness (QED) is 0.812. The van der Waals surface area contributed by atoms with E-state index in [1.807, 2.05) is 11.1 Å². The summed E-state index contributed by atoms with van der Waals surface area (Å²) in [6, 6.07) is 4.30. The topological polar surface area (TPSA) is 35.8 Å². The fourth-order valence-electron chi connectivity index (χ4n) is 1.63. The van der Waals surface area contributed by atoms with Gasteiger partial charge in [-0.25, -0.2) is 4.39 Å². The summed E-state index contributed by atoms with van der Waals surface area (Å²) in [5.74, 6) is -0.970. The summed E-state index contributed by atoms with van der Waals surface area (Å²) in [7, 11) is 0. The summed E-state index contributed by atoms with van der Waals surface area (Å²) in [5.41, 5.74) is 1.51. The van der Waals surface area contributed by atoms with E-state index in [9.17, 15) is 4.39 Å². The van der Waals surface area contributed by atoms with Crippen molar-refractivity contribution in [1.82, 2.24) is 4.90 Å². The minimum atomic E-state index is -0.627. The van der Waals surface area contributed by atoms with Crippen molar-refractivity contribution >= 4 is 11.8 Å². The number of allylic oxidation sites excluding steroid dienone is 1. The summed E-state index contributed by atoms with van der Waals surface area (Å²) in [6.07, 6.45) is 5.39. The molecule has 0 fully saturated rings. The Labute approximate surface area is 99.2 Å². The standard InChI is InChI=1S/C13H13FN2O/c1-2-5-16-8-11(7-15-9-16)10-3-4-13(17)12(14)6-10/h2-4,6-8,17H,1,5,9H2. The van der Waals surface area contributed by atoms with E-state index in [0.717, 1.165) is 5.57 Å². The van der Waals surface area contributed by atoms with Crippen LogP contribution in [0.5, 0.6) is 5.75 Å². The highest BCUT2D eigenvalue weighted by Gasteiger charge is 2.09. The molecular formula is C13H13FN2O. The molecular weight excluding hydrogens is 219 g/mol. The normalized spacial score (nSPS) is 14.6. The van der Waals surface area contributed by atoms with E-state index < -0.39 is 5.82 Å². The Morgan fingerprint density at radius 2 is 2.35 bits per heavy atom. The summed E-state index contributed by atoms with van der Waals surface area (Å²) >= 11 is 0. The number of nitrogens with zero attached hydrogens (tertiary/aromatic N) is 2. The Morgan fingerprint density at radius 1 is 1.53 bits per heavy atom. The van der Waals surface area contributed by atoms with Gasteiger partial charge in [-0.15, -0.1) is 6.58 Å². The highest BCUT2D eigenvalue weighted by atomic mass is 19.1. The van der Waals surface area contributed by atoms with E-state index in [-0.39, 0.29) is 5.75 Å². The largest absolute Gasteiger partial charge is 0.505 e. The molecule has 0 saturated carbocycles. The fourth-order valence-corrected chi connectivity index (χ4v) is 1.63. The van der Waals surface area contributed by atoms with Gasteiger partial charge >= 0.3 is 0 Å². The second kappa shape index (κ2) is 4.82. The van der Waals surface area contributed by atoms with Crippen molar-refractivity contribution in [2.45, 2.75) is 0 Å². The molecule has 0 saturated heterocycles. The van der Waals surface area contributed by atoms with Crippen LogP contribution in [0.2, 0.25) is 0 Å². The first-order chi connectivity index (χ1) is 8.20. The number of aliphatic imine (C=N–C) groups is 1. The number of halogens is 1. The number of rotatable bonds is 3. The fraction of sp³-hybridized carbons (Fsp3) is 0.154. The molecule has 17 heavy (non-hydrogen) atoms. The number of phenols is 1. The van der Waals surface area contributed by atoms with E-state index in [0.29, 0.717) is 18.8 Å². The molecule has 0 unspecified atom stereocenters. The summed E-state index contributed by atoms with van der Waals surface area (Å²) < 4.78 is 13.2. The van der Waals surface area contributed by atoms with Crippen LogP contribution in [0.25, 0.3) is 5.57 Å². The molecule has 0 amide bonds. The molecule has 1 N–H and O–H groups in total. The van der Waals surface area contributed by atoms with Crippen molar-refractivity contribution in [3.05, 3.63) is 48.4 Å². The third-order valence-corrected chi connectivity index (χ3v) is 2.46. The van der Waals surface area contributed by atoms with Gasteiger partial charge in [-0.3, -0.25) is 4.99 Å². The Balaban J connectivity index is 2.29. The van der Waals surface area contributed by atoms with Crippen molar-refractivity contribution in [3.8, 4) is 5.75 Å². The molecule has 1 aliphatic heterocycles. The molecule has 0 bridgehead atoms. The average molecular weight is 232 g/mol. The van der Waals surface area contributed by atoms with Crippen LogP contribution in [-0.2, 0) is 0 Å². The average Bonchev–Trinajstić information content (AvgIpc) is 2.33. The molecule has 88 valence electrons. The van der Waals surface area contributed by atoms with Gasteiger partial charge in [0.2, 0.25) is 0 Å². The predicted molar refractivity (Wildman–Crippen MR) is 66.3 cm³/mol. The molecule has 1 aliphatic rings. The van der Waals surface area contributed by atoms with Crippen LogP contribution in [0.4, 0.5) is 4.39 Å². The van der Waals surface area contributed by atoms with Gasteiger partial charge in [-0.05, 0) is 17.7 Å². The molecule has 0 aromatic heterocycles. The van der Waals surface area contributed by atoms with Crippen LogP contribution >= 0.6 is 0 Å². The molecule has 0 aliphatic carbocycles. The van der Waals surface area contributed by atoms with E-state index in [4.69, 9.17) is 5.11 Å². The molecule has 0 atom stereocenters. The molecule has 1 aromatic rings. The second-order valence-corrected chi connectivity index (χ2v) is 3.76. The first-order valence-electron chi connectivity index (χ1n) is 5.26. The predicted octanol–water partition coefficient (Wildman–Crippen LogP) is 2.40. The third-order valence-electron chi connectivity index (χ3n) is 2.46. The number of benzene rings is 1. The Kier molecular flexibility index (Phi) is 3.23. The first-order valence-corrected chi connectivity index (χ1v) is 5.26. The molecule has 2 rings (SSSR count). The monoisotopic (exact) mass is 232 g/mol. The van der Waals surface area contributed by atoms with Gasteiger partial charge in [0.05, 0.1) is 0 Å². The van der Waals surface area contributed by atoms with Crippen LogP contribution in [0.3, 0.4) is 0 Å². The lowest BCUT2D eigenvalue weighted by Crippen LogP contribution is -2.21. The van der Waals surface area contributed by atoms with Crippen LogP contribution in [0.1, 0.15) is 5.56 Å². The van der Waals surface area contributed by atoms with Crippen molar-refractivity contribution < 1.29 is 9.50 Å². The van der Waals surface area contributed by atoms with Gasteiger partial charge in [0.25, 0.3) is 0 Å². The van der Waals surface area contributed by atoms with Crippen molar-refractivity contribution in [2.75, 3.05) is 13.2 Å². The molecule has 4 heteroatoms. The van der Waals surface area contributed by atoms with E-state index in [1.54, 1.807) is 18.4 Å². The van der Waals surface area contributed by atoms with Gasteiger partial charge in [-0.2, -0.15) is 0 Å². The number of phenolic OH excluding ortho intramolecular Hbond substituents is 1. The van der Waals surface area contributed by atoms with Crippen LogP contribution in [-0.4, -0.2) is 29.4 Å². The summed E-state index contributed by atoms with van der Waals surface area (Å²) in [4.78, 5) is 6.15. The van der Waals surface area contributed by atoms with Gasteiger partial charge in [-0.1, -0.05) is 12.1 Å². The minimum Gasteiger partial charge on any atom is -0.505 e. The number of hydrogen-bond acceptors (Lipinski definition) is 3. The maximum absolute atomic E-state index is 13.2. The lowest BCUT2D eigenvalue weighted by Gasteiger charge is -2.21. The van der Waals surface area contributed by atoms with E-state index >= 15 is 0 Å². The lowest BCUT2D eigenvalue weighted by molar-refractivity contribution is 0.429. The van der Waals surface area contributed by atoms with Crippen molar-refractivity contribution in [3.63, 3.8) is 0 Å². The number of aromatic hydroxyl groups is 1. The minimum absolute atomic E-state index is 0.343. The zero-order valence-corrected chi connectivity index (χ0v) is 9.31. The number of hydrogen-bond donors (Lipinski definition) is 1. The first kappa shape index (κ1) is 11.4. The lowest BCUT2D eigenvalue weighted by atomic mass is 10.1. The van der Waals surface area contributed by atoms with Crippen molar-refractivity contribution in [2.24, 2.45) is 4.99 Å². The molecule has 0 spiro atoms. The Hall–Kier alpha value is -2.10. The Bertz CT molecular complexity index is 492. The van der Waals surface area contributed by atoms with E-state index in [2.05, 4.69) is 11.6 Å². The third kappa shape index (κ3) is 2.53. The smallest absolute Gasteiger partial charge is 0.165 e. The van der Waals surface area contributed by atoms with Gasteiger partial charge in [0.15, 0.2) is 11.6 Å². The molecule has 1 aromatic carbocycles. The SMILES string of the molecule is C=CCN1C=C(c2ccc(O)c(F)c2)C=NC1. The van der Waals surface area contributed by atoms with Crippen LogP contribution in [0, 0.1) is 5.82 Å². The highest BCUT2D eigenvalue weighted by molar-refractivity contribution is 6.10. The zero-order chi connectivity index (χ0) is 12.3. The second-order valence-electron chi connectivity index (χ2n) is 3.76. The van der Waals surface area contributed by atoms with Crippen molar-refractivity contribution in [1.29, 1.82) is 0 Å². The zero-order valence-electron chi connectivity index (χ0n) is 9.31. The summed E-state index contributed by atoms with van der Waals surface area (Å²) in [6.45, 7) is 4.94. The van der Waals surface area contributed by atoms with E-state index in [1.165, 1.54) is 12.1 Å². The maximum Gasteiger partial charge on any atom is 0.165 e.